The molecule has 110 valence electrons. The minimum absolute atomic E-state index is 0.0194. The Balaban J connectivity index is 5.20. The van der Waals surface area contributed by atoms with Gasteiger partial charge in [0, 0.05) is 12.0 Å². The second kappa shape index (κ2) is 6.81. The quantitative estimate of drug-likeness (QED) is 0.338. The number of carbonyl (C=O) groups excluding carboxylic acids is 2. The summed E-state index contributed by atoms with van der Waals surface area (Å²) in [6.07, 6.45) is -0.977. The molecule has 0 spiro atoms. The van der Waals surface area contributed by atoms with Gasteiger partial charge in [0.1, 0.15) is 0 Å². The van der Waals surface area contributed by atoms with Crippen molar-refractivity contribution in [2.24, 2.45) is 0 Å². The molecule has 0 aliphatic carbocycles. The van der Waals surface area contributed by atoms with E-state index in [0.717, 1.165) is 0 Å². The molecule has 0 aliphatic rings. The van der Waals surface area contributed by atoms with Crippen LogP contribution in [0.25, 0.3) is 0 Å². The van der Waals surface area contributed by atoms with Gasteiger partial charge in [0.25, 0.3) is 5.34 Å². The Morgan fingerprint density at radius 1 is 1.21 bits per heavy atom. The normalized spacial score (nSPS) is 14.4. The summed E-state index contributed by atoms with van der Waals surface area (Å²) >= 11 is 0. The lowest BCUT2D eigenvalue weighted by molar-refractivity contribution is -0.158. The molecule has 0 aromatic heterocycles. The highest BCUT2D eigenvalue weighted by atomic mass is 31.2. The zero-order chi connectivity index (χ0) is 15.3. The van der Waals surface area contributed by atoms with Crippen molar-refractivity contribution in [2.75, 3.05) is 13.2 Å². The van der Waals surface area contributed by atoms with Gasteiger partial charge in [0.2, 0.25) is 0 Å². The molecule has 19 heavy (non-hydrogen) atoms. The summed E-state index contributed by atoms with van der Waals surface area (Å²) in [5.74, 6) is -2.48. The predicted molar refractivity (Wildman–Crippen MR) is 64.0 cm³/mol. The maximum absolute atomic E-state index is 11.5. The molecule has 0 aromatic carbocycles. The van der Waals surface area contributed by atoms with E-state index < -0.39 is 36.9 Å². The summed E-state index contributed by atoms with van der Waals surface area (Å²) in [7, 11) is -5.27. The van der Waals surface area contributed by atoms with Crippen LogP contribution in [0.15, 0.2) is 12.2 Å². The van der Waals surface area contributed by atoms with Crippen LogP contribution >= 0.6 is 7.60 Å². The van der Waals surface area contributed by atoms with Gasteiger partial charge in [-0.15, -0.1) is 0 Å². The van der Waals surface area contributed by atoms with Crippen molar-refractivity contribution in [3.8, 4) is 0 Å². The van der Waals surface area contributed by atoms with Crippen molar-refractivity contribution in [3.63, 3.8) is 0 Å². The lowest BCUT2D eigenvalue weighted by Gasteiger charge is -2.26. The van der Waals surface area contributed by atoms with Gasteiger partial charge in [0.05, 0.1) is 13.2 Å². The first-order chi connectivity index (χ1) is 8.60. The molecule has 0 heterocycles. The van der Waals surface area contributed by atoms with Gasteiger partial charge < -0.3 is 24.4 Å². The van der Waals surface area contributed by atoms with Crippen LogP contribution in [-0.2, 0) is 23.6 Å². The Hall–Kier alpha value is -1.21. The van der Waals surface area contributed by atoms with Crippen molar-refractivity contribution < 1.29 is 38.5 Å². The van der Waals surface area contributed by atoms with E-state index in [1.54, 1.807) is 0 Å². The van der Waals surface area contributed by atoms with Gasteiger partial charge in [-0.05, 0) is 13.8 Å². The van der Waals surface area contributed by atoms with E-state index >= 15 is 0 Å². The summed E-state index contributed by atoms with van der Waals surface area (Å²) in [4.78, 5) is 40.9. The number of ether oxygens (including phenoxy) is 2. The molecule has 0 amide bonds. The Morgan fingerprint density at radius 3 is 2.05 bits per heavy atom. The third-order valence-corrected chi connectivity index (χ3v) is 3.41. The zero-order valence-corrected chi connectivity index (χ0v) is 11.6. The number of aliphatic hydroxyl groups is 1. The Morgan fingerprint density at radius 2 is 1.68 bits per heavy atom. The highest BCUT2D eigenvalue weighted by Crippen LogP contribution is 2.52. The summed E-state index contributed by atoms with van der Waals surface area (Å²) in [6.45, 7) is 5.98. The van der Waals surface area contributed by atoms with E-state index in [2.05, 4.69) is 16.1 Å². The van der Waals surface area contributed by atoms with Crippen molar-refractivity contribution >= 4 is 19.5 Å². The highest BCUT2D eigenvalue weighted by Gasteiger charge is 2.54. The highest BCUT2D eigenvalue weighted by molar-refractivity contribution is 7.54. The Kier molecular flexibility index (Phi) is 6.38. The van der Waals surface area contributed by atoms with E-state index in [9.17, 15) is 19.3 Å². The molecule has 0 fully saturated rings. The minimum Gasteiger partial charge on any atom is -0.463 e. The van der Waals surface area contributed by atoms with Crippen molar-refractivity contribution in [2.45, 2.75) is 25.6 Å². The fourth-order valence-corrected chi connectivity index (χ4v) is 1.84. The molecule has 0 saturated carbocycles. The van der Waals surface area contributed by atoms with Crippen LogP contribution in [0.1, 0.15) is 20.3 Å². The average molecular weight is 296 g/mol. The molecule has 9 heteroatoms. The number of rotatable bonds is 7. The topological polar surface area (TPSA) is 130 Å². The van der Waals surface area contributed by atoms with Crippen molar-refractivity contribution in [1.29, 1.82) is 0 Å². The molecule has 0 rings (SSSR count). The Bertz CT molecular complexity index is 412. The van der Waals surface area contributed by atoms with Gasteiger partial charge in [-0.2, -0.15) is 0 Å². The summed E-state index contributed by atoms with van der Waals surface area (Å²) in [5, 5.41) is 6.68. The first kappa shape index (κ1) is 17.8. The number of hydrogen-bond acceptors (Lipinski definition) is 6. The smallest absolute Gasteiger partial charge is 0.368 e. The van der Waals surface area contributed by atoms with Crippen LogP contribution in [0.2, 0.25) is 0 Å². The molecule has 0 aromatic rings. The molecule has 0 radical (unpaired) electrons. The third kappa shape index (κ3) is 4.43. The van der Waals surface area contributed by atoms with Gasteiger partial charge >= 0.3 is 19.5 Å². The largest absolute Gasteiger partial charge is 0.463 e. The van der Waals surface area contributed by atoms with Crippen LogP contribution in [0.5, 0.6) is 0 Å². The van der Waals surface area contributed by atoms with E-state index in [1.165, 1.54) is 13.8 Å². The van der Waals surface area contributed by atoms with Gasteiger partial charge in [-0.1, -0.05) is 6.58 Å². The molecule has 1 atom stereocenters. The minimum atomic E-state index is -5.27. The van der Waals surface area contributed by atoms with Gasteiger partial charge in [0.15, 0.2) is 0 Å². The third-order valence-electron chi connectivity index (χ3n) is 2.11. The molecular formula is C10H17O8P. The zero-order valence-electron chi connectivity index (χ0n) is 10.7. The molecule has 0 saturated heterocycles. The number of esters is 2. The standard InChI is InChI=1S/C10H17O8P/c1-4-17-8(11)7(3)6-10(13,19(14,15)16)9(12)18-5-2/h13H,3-6H2,1-2H3,(H2,14,15,16). The molecule has 0 bridgehead atoms. The van der Waals surface area contributed by atoms with E-state index in [0.29, 0.717) is 0 Å². The Labute approximate surface area is 110 Å². The van der Waals surface area contributed by atoms with Crippen LogP contribution in [0.3, 0.4) is 0 Å². The first-order valence-corrected chi connectivity index (χ1v) is 7.01. The fraction of sp³-hybridized carbons (Fsp3) is 0.600. The predicted octanol–water partition coefficient (Wildman–Crippen LogP) is -0.0748. The van der Waals surface area contributed by atoms with Crippen molar-refractivity contribution in [1.82, 2.24) is 0 Å². The molecule has 3 N–H and O–H groups in total. The second-order valence-corrected chi connectivity index (χ2v) is 5.41. The summed E-state index contributed by atoms with van der Waals surface area (Å²) < 4.78 is 20.2. The van der Waals surface area contributed by atoms with Gasteiger partial charge in [-0.3, -0.25) is 4.57 Å². The lowest BCUT2D eigenvalue weighted by atomic mass is 10.1. The summed E-state index contributed by atoms with van der Waals surface area (Å²) in [5.41, 5.74) is -0.444. The van der Waals surface area contributed by atoms with Crippen LogP contribution in [0, 0.1) is 0 Å². The van der Waals surface area contributed by atoms with Crippen LogP contribution in [-0.4, -0.2) is 45.4 Å². The SMILES string of the molecule is C=C(CC(O)(C(=O)OCC)P(=O)(O)O)C(=O)OCC. The second-order valence-electron chi connectivity index (χ2n) is 3.58. The van der Waals surface area contributed by atoms with Crippen LogP contribution in [0.4, 0.5) is 0 Å². The number of carbonyl (C=O) groups is 2. The van der Waals surface area contributed by atoms with E-state index in [4.69, 9.17) is 9.79 Å². The molecule has 8 nitrogen and oxygen atoms in total. The van der Waals surface area contributed by atoms with Crippen LogP contribution < -0.4 is 0 Å². The average Bonchev–Trinajstić information content (AvgIpc) is 2.27. The molecule has 0 aliphatic heterocycles. The van der Waals surface area contributed by atoms with Gasteiger partial charge in [-0.25, -0.2) is 9.59 Å². The monoisotopic (exact) mass is 296 g/mol. The molecular weight excluding hydrogens is 279 g/mol. The van der Waals surface area contributed by atoms with Crippen molar-refractivity contribution in [3.05, 3.63) is 12.2 Å². The van der Waals surface area contributed by atoms with E-state index in [1.807, 2.05) is 0 Å². The fourth-order valence-electron chi connectivity index (χ4n) is 1.14. The maximum Gasteiger partial charge on any atom is 0.368 e. The number of hydrogen-bond donors (Lipinski definition) is 3. The summed E-state index contributed by atoms with van der Waals surface area (Å²) in [6, 6.07) is 0. The molecule has 1 unspecified atom stereocenters. The first-order valence-electron chi connectivity index (χ1n) is 5.40. The lowest BCUT2D eigenvalue weighted by Crippen LogP contribution is -2.41. The van der Waals surface area contributed by atoms with E-state index in [-0.39, 0.29) is 13.2 Å². The maximum atomic E-state index is 11.5.